The molecule has 46 valence electrons. The third-order valence-electron chi connectivity index (χ3n) is 0. The molecule has 0 spiro atoms. The minimum atomic E-state index is -3.40. The van der Waals surface area contributed by atoms with Gasteiger partial charge in [0.05, 0.1) is 0 Å². The summed E-state index contributed by atoms with van der Waals surface area (Å²) in [6, 6.07) is 0. The van der Waals surface area contributed by atoms with Crippen LogP contribution in [0.15, 0.2) is 0 Å². The van der Waals surface area contributed by atoms with Crippen LogP contribution in [0, 0.1) is 30.3 Å². The van der Waals surface area contributed by atoms with Gasteiger partial charge in [-0.15, -0.1) is 0 Å². The summed E-state index contributed by atoms with van der Waals surface area (Å²) < 4.78 is 39.9. The molecule has 0 amide bonds. The quantitative estimate of drug-likeness (QED) is 0.443. The average molecular weight is 242 g/mol. The van der Waals surface area contributed by atoms with Crippen LogP contribution in [0.3, 0.4) is 0 Å². The molecule has 7 heavy (non-hydrogen) atoms. The third-order valence-corrected chi connectivity index (χ3v) is 0. The summed E-state index contributed by atoms with van der Waals surface area (Å²) in [4.78, 5) is 0. The van der Waals surface area contributed by atoms with Gasteiger partial charge in [-0.25, -0.2) is 0 Å². The lowest BCUT2D eigenvalue weighted by molar-refractivity contribution is -1.63. The van der Waals surface area contributed by atoms with Gasteiger partial charge in [0.25, 0.3) is 0 Å². The maximum atomic E-state index is 8.63. The Labute approximate surface area is 51.8 Å². The van der Waals surface area contributed by atoms with E-state index in [1.807, 2.05) is 0 Å². The summed E-state index contributed by atoms with van der Waals surface area (Å²) >= 11 is -4.58. The molecular formula is H2Br2O5. The van der Waals surface area contributed by atoms with E-state index >= 15 is 0 Å². The summed E-state index contributed by atoms with van der Waals surface area (Å²) in [5.41, 5.74) is 0. The van der Waals surface area contributed by atoms with E-state index in [1.165, 1.54) is 0 Å². The maximum Gasteiger partial charge on any atom is 0.433 e. The van der Waals surface area contributed by atoms with E-state index in [4.69, 9.17) is 21.0 Å². The molecule has 7 heteroatoms. The van der Waals surface area contributed by atoms with E-state index in [0.717, 1.165) is 0 Å². The smallest absolute Gasteiger partial charge is 0.433 e. The summed E-state index contributed by atoms with van der Waals surface area (Å²) in [6.45, 7) is 0. The molecular weight excluding hydrogens is 240 g/mol. The fraction of sp³-hybridized carbons (Fsp3) is 0. The molecule has 0 unspecified atom stereocenters. The van der Waals surface area contributed by atoms with Crippen LogP contribution in [0.5, 0.6) is 0 Å². The standard InChI is InChI=1S/BrHO3.BrHO2/c2-1(3)4;2-1-3/h2H;2H. The number of halogens is 2. The van der Waals surface area contributed by atoms with E-state index in [1.54, 1.807) is 0 Å². The molecule has 2 N–H and O–H groups in total. The lowest BCUT2D eigenvalue weighted by atomic mass is 16.0. The van der Waals surface area contributed by atoms with Crippen LogP contribution in [0.25, 0.3) is 0 Å². The van der Waals surface area contributed by atoms with E-state index in [0.29, 0.717) is 0 Å². The zero-order valence-electron chi connectivity index (χ0n) is 2.88. The van der Waals surface area contributed by atoms with Gasteiger partial charge in [0, 0.05) is 0 Å². The normalized spacial score (nSPS) is 7.71. The molecule has 5 nitrogen and oxygen atoms in total. The lowest BCUT2D eigenvalue weighted by Crippen LogP contribution is -2.30. The Balaban J connectivity index is 0. The average Bonchev–Trinajstić information content (AvgIpc) is 1.33. The first-order valence-electron chi connectivity index (χ1n) is 0.801. The van der Waals surface area contributed by atoms with Gasteiger partial charge in [-0.2, -0.15) is 4.20 Å². The molecule has 0 radical (unpaired) electrons. The fourth-order valence-electron chi connectivity index (χ4n) is 0. The van der Waals surface area contributed by atoms with Crippen molar-refractivity contribution >= 4 is 0 Å². The van der Waals surface area contributed by atoms with Crippen molar-refractivity contribution in [1.82, 2.24) is 0 Å². The lowest BCUT2D eigenvalue weighted by Gasteiger charge is -1.69. The van der Waals surface area contributed by atoms with Crippen molar-refractivity contribution in [2.45, 2.75) is 0 Å². The molecule has 0 rings (SSSR count). The number of rotatable bonds is 0. The van der Waals surface area contributed by atoms with Gasteiger partial charge < -0.3 is 12.6 Å². The molecule has 0 fully saturated rings. The molecule has 0 aliphatic rings. The summed E-state index contributed by atoms with van der Waals surface area (Å²) in [5, 5.41) is 0. The van der Waals surface area contributed by atoms with Crippen molar-refractivity contribution in [3.05, 3.63) is 0 Å². The van der Waals surface area contributed by atoms with Crippen LogP contribution in [-0.4, -0.2) is 8.40 Å². The van der Waals surface area contributed by atoms with Gasteiger partial charge in [0.1, 0.15) is 0 Å². The first kappa shape index (κ1) is 10.7. The first-order valence-corrected chi connectivity index (χ1v) is 4.16. The van der Waals surface area contributed by atoms with Crippen molar-refractivity contribution in [3.63, 3.8) is 0 Å². The van der Waals surface area contributed by atoms with Gasteiger partial charge in [0.15, 0.2) is 0 Å². The molecule has 0 aromatic carbocycles. The number of hydrogen-bond donors (Lipinski definition) is 2. The Morgan fingerprint density at radius 3 is 1.43 bits per heavy atom. The molecule has 0 aliphatic heterocycles. The van der Waals surface area contributed by atoms with Crippen LogP contribution in [0.2, 0.25) is 0 Å². The highest BCUT2D eigenvalue weighted by Crippen LogP contribution is 1.38. The second kappa shape index (κ2) is 9.90. The fourth-order valence-corrected chi connectivity index (χ4v) is 0. The van der Waals surface area contributed by atoms with Gasteiger partial charge in [0.2, 0.25) is 0 Å². The Morgan fingerprint density at radius 1 is 1.43 bits per heavy atom. The Hall–Kier alpha value is 0.760. The highest BCUT2D eigenvalue weighted by atomic mass is 80.0. The molecule has 0 aromatic rings. The first-order chi connectivity index (χ1) is 3.15. The predicted octanol–water partition coefficient (Wildman–Crippen LogP) is -4.68. The predicted molar refractivity (Wildman–Crippen MR) is 4.44 cm³/mol. The maximum absolute atomic E-state index is 8.63. The van der Waals surface area contributed by atoms with Crippen LogP contribution < -0.4 is 12.6 Å². The molecule has 0 atom stereocenters. The van der Waals surface area contributed by atoms with Gasteiger partial charge in [-0.3, -0.25) is 0 Å². The van der Waals surface area contributed by atoms with Gasteiger partial charge in [-0.1, -0.05) is 0 Å². The molecule has 0 aromatic heterocycles. The second-order valence-electron chi connectivity index (χ2n) is 0.270. The van der Waals surface area contributed by atoms with Crippen LogP contribution in [0.4, 0.5) is 0 Å². The zero-order valence-corrected chi connectivity index (χ0v) is 6.05. The Morgan fingerprint density at radius 2 is 1.43 bits per heavy atom. The van der Waals surface area contributed by atoms with Crippen molar-refractivity contribution < 1.29 is 51.3 Å². The van der Waals surface area contributed by atoms with E-state index in [9.17, 15) is 0 Å². The van der Waals surface area contributed by atoms with Crippen LogP contribution in [0.1, 0.15) is 0 Å². The summed E-state index contributed by atoms with van der Waals surface area (Å²) in [7, 11) is 0. The summed E-state index contributed by atoms with van der Waals surface area (Å²) in [5.74, 6) is 0. The third kappa shape index (κ3) is 265. The molecule has 0 bridgehead atoms. The molecule has 0 aliphatic carbocycles. The highest BCUT2D eigenvalue weighted by Gasteiger charge is 1.86. The Bertz CT molecular complexity index is 17.3. The summed E-state index contributed by atoms with van der Waals surface area (Å²) in [6.07, 6.45) is 0. The van der Waals surface area contributed by atoms with E-state index < -0.39 is 30.3 Å². The van der Waals surface area contributed by atoms with Crippen molar-refractivity contribution in [2.24, 2.45) is 0 Å². The van der Waals surface area contributed by atoms with Crippen molar-refractivity contribution in [2.75, 3.05) is 0 Å². The monoisotopic (exact) mass is 240 g/mol. The zero-order chi connectivity index (χ0) is 6.28. The van der Waals surface area contributed by atoms with Crippen molar-refractivity contribution in [3.8, 4) is 0 Å². The molecule has 0 saturated heterocycles. The SMILES string of the molecule is [O-][Br+2]([O-])O.[O-][Br+]O. The molecule has 0 saturated carbocycles. The highest BCUT2D eigenvalue weighted by molar-refractivity contribution is 1.94. The van der Waals surface area contributed by atoms with Crippen LogP contribution in [-0.2, 0) is 0 Å². The van der Waals surface area contributed by atoms with E-state index in [-0.39, 0.29) is 0 Å². The van der Waals surface area contributed by atoms with Gasteiger partial charge in [-0.05, 0) is 4.20 Å². The second-order valence-corrected chi connectivity index (χ2v) is 1.40. The van der Waals surface area contributed by atoms with Crippen molar-refractivity contribution in [1.29, 1.82) is 0 Å². The Kier molecular flexibility index (Phi) is 15.1. The minimum Gasteiger partial charge on any atom is -0.551 e. The number of hydrogen-bond acceptors (Lipinski definition) is 5. The topological polar surface area (TPSA) is 110 Å². The molecule has 0 heterocycles. The largest absolute Gasteiger partial charge is 0.551 e. The van der Waals surface area contributed by atoms with Crippen LogP contribution >= 0.6 is 0 Å². The minimum absolute atomic E-state index is 1.19. The van der Waals surface area contributed by atoms with Gasteiger partial charge >= 0.3 is 30.3 Å². The van der Waals surface area contributed by atoms with E-state index in [2.05, 4.69) is 0 Å².